The van der Waals surface area contributed by atoms with Gasteiger partial charge in [0, 0.05) is 18.9 Å². The molecule has 164 valence electrons. The number of rotatable bonds is 15. The second-order valence-electron chi connectivity index (χ2n) is 7.05. The summed E-state index contributed by atoms with van der Waals surface area (Å²) in [4.78, 5) is 11.4. The van der Waals surface area contributed by atoms with Gasteiger partial charge in [-0.3, -0.25) is 0 Å². The predicted molar refractivity (Wildman–Crippen MR) is 96.7 cm³/mol. The van der Waals surface area contributed by atoms with Crippen molar-refractivity contribution in [3.05, 3.63) is 0 Å². The van der Waals surface area contributed by atoms with Gasteiger partial charge in [0.05, 0.1) is 65.6 Å². The van der Waals surface area contributed by atoms with Crippen LogP contribution in [0.15, 0.2) is 0 Å². The van der Waals surface area contributed by atoms with Crippen LogP contribution in [0.5, 0.6) is 0 Å². The molecule has 4 N–H and O–H groups in total. The molecule has 0 spiro atoms. The fraction of sp³-hybridized carbons (Fsp3) is 0.944. The van der Waals surface area contributed by atoms with Gasteiger partial charge in [-0.25, -0.2) is 0 Å². The molecular formula is C18H33NO9. The van der Waals surface area contributed by atoms with Crippen LogP contribution in [0.3, 0.4) is 0 Å². The molecule has 0 unspecified atom stereocenters. The zero-order valence-corrected chi connectivity index (χ0v) is 16.4. The lowest BCUT2D eigenvalue weighted by molar-refractivity contribution is -0.252. The predicted octanol–water partition coefficient (Wildman–Crippen LogP) is -1.55. The maximum atomic E-state index is 11.4. The summed E-state index contributed by atoms with van der Waals surface area (Å²) in [6.45, 7) is 5.16. The van der Waals surface area contributed by atoms with Crippen LogP contribution in [-0.2, 0) is 33.2 Å². The molecule has 2 saturated heterocycles. The molecular weight excluding hydrogens is 374 g/mol. The smallest absolute Gasteiger partial charge is 0.164 e. The highest BCUT2D eigenvalue weighted by Crippen LogP contribution is 2.41. The molecule has 2 fully saturated rings. The van der Waals surface area contributed by atoms with E-state index in [1.165, 1.54) is 6.92 Å². The number of carbonyl (C=O) groups is 1. The van der Waals surface area contributed by atoms with Crippen LogP contribution < -0.4 is 5.73 Å². The van der Waals surface area contributed by atoms with Gasteiger partial charge in [0.1, 0.15) is 17.5 Å². The van der Waals surface area contributed by atoms with E-state index < -0.39 is 30.0 Å². The standard InChI is InChI=1S/C18H33NO9/c1-13(20)10-14-15(21)16(22)18(12-27-17(14)28-18)11-26-9-8-25-7-6-24-5-4-23-3-2-19/h14-17,21-22H,2-12,19H2,1H3/t14-,15-,16-,17+,18+/m1/s1. The number of hydrogen-bond donors (Lipinski definition) is 3. The molecule has 10 nitrogen and oxygen atoms in total. The van der Waals surface area contributed by atoms with E-state index in [0.717, 1.165) is 0 Å². The number of aliphatic hydroxyl groups is 2. The maximum absolute atomic E-state index is 11.4. The Bertz CT molecular complexity index is 466. The molecule has 0 saturated carbocycles. The molecule has 0 aromatic heterocycles. The second kappa shape index (κ2) is 12.1. The van der Waals surface area contributed by atoms with Crippen LogP contribution in [0.4, 0.5) is 0 Å². The molecule has 10 heteroatoms. The number of hydrogen-bond acceptors (Lipinski definition) is 10. The van der Waals surface area contributed by atoms with Gasteiger partial charge in [-0.1, -0.05) is 0 Å². The molecule has 2 rings (SSSR count). The van der Waals surface area contributed by atoms with Crippen molar-refractivity contribution in [2.75, 3.05) is 66.0 Å². The Balaban J connectivity index is 1.56. The third-order valence-electron chi connectivity index (χ3n) is 4.74. The highest BCUT2D eigenvalue weighted by atomic mass is 16.7. The van der Waals surface area contributed by atoms with E-state index in [2.05, 4.69) is 0 Å². The van der Waals surface area contributed by atoms with Gasteiger partial charge in [-0.15, -0.1) is 0 Å². The van der Waals surface area contributed by atoms with E-state index in [4.69, 9.17) is 34.2 Å². The van der Waals surface area contributed by atoms with Crippen molar-refractivity contribution in [2.24, 2.45) is 11.7 Å². The van der Waals surface area contributed by atoms with E-state index in [1.54, 1.807) is 0 Å². The first-order valence-electron chi connectivity index (χ1n) is 9.66. The van der Waals surface area contributed by atoms with E-state index in [-0.39, 0.29) is 25.4 Å². The highest BCUT2D eigenvalue weighted by Gasteiger charge is 2.59. The Morgan fingerprint density at radius 3 is 2.18 bits per heavy atom. The summed E-state index contributed by atoms with van der Waals surface area (Å²) in [7, 11) is 0. The number of Topliss-reactive ketones (excluding diaryl/α,β-unsaturated/α-hetero) is 1. The summed E-state index contributed by atoms with van der Waals surface area (Å²) in [5.74, 6) is -0.671. The van der Waals surface area contributed by atoms with Crippen molar-refractivity contribution in [1.82, 2.24) is 0 Å². The van der Waals surface area contributed by atoms with Crippen molar-refractivity contribution in [3.63, 3.8) is 0 Å². The second-order valence-corrected chi connectivity index (χ2v) is 7.05. The van der Waals surface area contributed by atoms with E-state index in [1.807, 2.05) is 0 Å². The van der Waals surface area contributed by atoms with Crippen LogP contribution in [0, 0.1) is 5.92 Å². The Morgan fingerprint density at radius 2 is 1.61 bits per heavy atom. The van der Waals surface area contributed by atoms with Crippen molar-refractivity contribution in [2.45, 2.75) is 37.4 Å². The monoisotopic (exact) mass is 407 g/mol. The van der Waals surface area contributed by atoms with E-state index >= 15 is 0 Å². The number of ketones is 1. The molecule has 2 aliphatic rings. The zero-order valence-electron chi connectivity index (χ0n) is 16.4. The Hall–Kier alpha value is -0.690. The van der Waals surface area contributed by atoms with E-state index in [0.29, 0.717) is 52.8 Å². The number of fused-ring (bicyclic) bond motifs is 2. The lowest BCUT2D eigenvalue weighted by Gasteiger charge is -2.42. The first kappa shape index (κ1) is 23.6. The molecule has 5 atom stereocenters. The lowest BCUT2D eigenvalue weighted by atomic mass is 9.83. The third-order valence-corrected chi connectivity index (χ3v) is 4.74. The number of aliphatic hydroxyl groups excluding tert-OH is 2. The lowest BCUT2D eigenvalue weighted by Crippen LogP contribution is -2.61. The summed E-state index contributed by atoms with van der Waals surface area (Å²) < 4.78 is 32.8. The normalized spacial score (nSPS) is 32.0. The maximum Gasteiger partial charge on any atom is 0.164 e. The molecule has 0 aliphatic carbocycles. The molecule has 0 aromatic rings. The quantitative estimate of drug-likeness (QED) is 0.274. The first-order chi connectivity index (χ1) is 13.5. The molecule has 0 amide bonds. The summed E-state index contributed by atoms with van der Waals surface area (Å²) in [5.41, 5.74) is 4.18. The fourth-order valence-corrected chi connectivity index (χ4v) is 3.29. The Labute approximate surface area is 165 Å². The molecule has 0 aromatic carbocycles. The van der Waals surface area contributed by atoms with Crippen LogP contribution in [0.25, 0.3) is 0 Å². The Morgan fingerprint density at radius 1 is 1.04 bits per heavy atom. The summed E-state index contributed by atoms with van der Waals surface area (Å²) in [5, 5.41) is 20.8. The third kappa shape index (κ3) is 6.68. The molecule has 28 heavy (non-hydrogen) atoms. The average molecular weight is 407 g/mol. The first-order valence-corrected chi connectivity index (χ1v) is 9.66. The van der Waals surface area contributed by atoms with E-state index in [9.17, 15) is 15.0 Å². The van der Waals surface area contributed by atoms with Crippen molar-refractivity contribution < 1.29 is 43.4 Å². The highest BCUT2D eigenvalue weighted by molar-refractivity contribution is 5.75. The van der Waals surface area contributed by atoms with Crippen molar-refractivity contribution in [1.29, 1.82) is 0 Å². The fourth-order valence-electron chi connectivity index (χ4n) is 3.29. The minimum atomic E-state index is -1.19. The van der Waals surface area contributed by atoms with Crippen LogP contribution in [-0.4, -0.2) is 106 Å². The minimum Gasteiger partial charge on any atom is -0.390 e. The number of nitrogens with two attached hydrogens (primary N) is 1. The van der Waals surface area contributed by atoms with Gasteiger partial charge in [0.25, 0.3) is 0 Å². The van der Waals surface area contributed by atoms with Gasteiger partial charge >= 0.3 is 0 Å². The SMILES string of the molecule is CC(=O)C[C@H]1[C@H]2OC[C@](COCCOCCOCCOCCN)(O2)[C@H](O)[C@@H]1O. The minimum absolute atomic E-state index is 0.0624. The Kier molecular flexibility index (Phi) is 10.2. The van der Waals surface area contributed by atoms with Gasteiger partial charge in [0.2, 0.25) is 0 Å². The summed E-state index contributed by atoms with van der Waals surface area (Å²) in [6.07, 6.45) is -2.91. The number of carbonyl (C=O) groups excluding carboxylic acids is 1. The van der Waals surface area contributed by atoms with Gasteiger partial charge < -0.3 is 49.2 Å². The van der Waals surface area contributed by atoms with Crippen LogP contribution in [0.1, 0.15) is 13.3 Å². The van der Waals surface area contributed by atoms with Crippen molar-refractivity contribution in [3.8, 4) is 0 Å². The number of ether oxygens (including phenoxy) is 6. The largest absolute Gasteiger partial charge is 0.390 e. The topological polar surface area (TPSA) is 139 Å². The van der Waals surface area contributed by atoms with Crippen LogP contribution in [0.2, 0.25) is 0 Å². The van der Waals surface area contributed by atoms with Gasteiger partial charge in [0.15, 0.2) is 6.29 Å². The van der Waals surface area contributed by atoms with Crippen LogP contribution >= 0.6 is 0 Å². The molecule has 2 heterocycles. The van der Waals surface area contributed by atoms with Gasteiger partial charge in [-0.2, -0.15) is 0 Å². The summed E-state index contributed by atoms with van der Waals surface area (Å²) in [6, 6.07) is 0. The molecule has 2 bridgehead atoms. The molecule has 2 aliphatic heterocycles. The molecule has 0 radical (unpaired) electrons. The van der Waals surface area contributed by atoms with Gasteiger partial charge in [-0.05, 0) is 6.92 Å². The van der Waals surface area contributed by atoms with Crippen molar-refractivity contribution >= 4 is 5.78 Å². The zero-order chi connectivity index (χ0) is 20.4. The average Bonchev–Trinajstić information content (AvgIpc) is 3.07. The summed E-state index contributed by atoms with van der Waals surface area (Å²) >= 11 is 0.